The lowest BCUT2D eigenvalue weighted by Crippen LogP contribution is -2.15. The van der Waals surface area contributed by atoms with Crippen LogP contribution in [0.15, 0.2) is 54.6 Å². The van der Waals surface area contributed by atoms with E-state index in [1.165, 1.54) is 0 Å². The lowest BCUT2D eigenvalue weighted by atomic mass is 10.2. The molecule has 0 saturated carbocycles. The van der Waals surface area contributed by atoms with E-state index >= 15 is 0 Å². The van der Waals surface area contributed by atoms with Gasteiger partial charge in [-0.2, -0.15) is 0 Å². The number of amides is 1. The minimum absolute atomic E-state index is 0.421. The molecule has 20 heavy (non-hydrogen) atoms. The number of hydrogen-bond acceptors (Lipinski definition) is 2. The highest BCUT2D eigenvalue weighted by Gasteiger charge is 2.14. The number of rotatable bonds is 3. The average Bonchev–Trinajstić information content (AvgIpc) is 2.87. The Morgan fingerprint density at radius 1 is 1.05 bits per heavy atom. The zero-order valence-corrected chi connectivity index (χ0v) is 10.6. The molecule has 0 saturated heterocycles. The number of aromatic nitrogens is 1. The maximum Gasteiger partial charge on any atom is 0.265 e. The van der Waals surface area contributed by atoms with E-state index in [0.29, 0.717) is 11.3 Å². The molecule has 1 amide bonds. The van der Waals surface area contributed by atoms with Crippen LogP contribution >= 0.6 is 0 Å². The van der Waals surface area contributed by atoms with Crippen LogP contribution in [0.4, 0.5) is 0 Å². The first-order valence-corrected chi connectivity index (χ1v) is 6.16. The molecule has 2 N–H and O–H groups in total. The Kier molecular flexibility index (Phi) is 2.84. The van der Waals surface area contributed by atoms with Gasteiger partial charge < -0.3 is 10.3 Å². The number of hydrogen-bond donors (Lipinski definition) is 1. The fourth-order valence-corrected chi connectivity index (χ4v) is 2.32. The molecule has 4 nitrogen and oxygen atoms in total. The van der Waals surface area contributed by atoms with Gasteiger partial charge in [-0.05, 0) is 36.4 Å². The summed E-state index contributed by atoms with van der Waals surface area (Å²) in [7, 11) is 0. The Morgan fingerprint density at radius 2 is 1.75 bits per heavy atom. The third kappa shape index (κ3) is 1.87. The van der Waals surface area contributed by atoms with E-state index in [1.807, 2.05) is 24.3 Å². The van der Waals surface area contributed by atoms with Crippen LogP contribution in [-0.2, 0) is 0 Å². The molecule has 0 aliphatic heterocycles. The molecule has 3 aromatic rings. The van der Waals surface area contributed by atoms with Gasteiger partial charge in [0.25, 0.3) is 5.91 Å². The van der Waals surface area contributed by atoms with Gasteiger partial charge in [-0.1, -0.05) is 18.2 Å². The van der Waals surface area contributed by atoms with E-state index in [9.17, 15) is 9.59 Å². The van der Waals surface area contributed by atoms with Gasteiger partial charge in [0.1, 0.15) is 12.0 Å². The van der Waals surface area contributed by atoms with Crippen LogP contribution in [-0.4, -0.2) is 16.8 Å². The molecule has 98 valence electrons. The van der Waals surface area contributed by atoms with Gasteiger partial charge in [-0.15, -0.1) is 0 Å². The predicted molar refractivity (Wildman–Crippen MR) is 77.2 cm³/mol. The molecule has 0 fully saturated rings. The summed E-state index contributed by atoms with van der Waals surface area (Å²) in [5.41, 5.74) is 8.17. The van der Waals surface area contributed by atoms with Crippen molar-refractivity contribution in [2.45, 2.75) is 0 Å². The predicted octanol–water partition coefficient (Wildman–Crippen LogP) is 2.54. The number of primary amides is 1. The van der Waals surface area contributed by atoms with E-state index in [2.05, 4.69) is 0 Å². The van der Waals surface area contributed by atoms with Crippen molar-refractivity contribution in [1.82, 2.24) is 4.57 Å². The summed E-state index contributed by atoms with van der Waals surface area (Å²) in [5, 5.41) is 0.945. The van der Waals surface area contributed by atoms with Gasteiger partial charge in [-0.3, -0.25) is 9.59 Å². The Hall–Kier alpha value is -2.88. The van der Waals surface area contributed by atoms with Crippen molar-refractivity contribution >= 4 is 23.1 Å². The van der Waals surface area contributed by atoms with Gasteiger partial charge in [0.05, 0.1) is 5.52 Å². The van der Waals surface area contributed by atoms with Crippen LogP contribution in [0.5, 0.6) is 0 Å². The van der Waals surface area contributed by atoms with Crippen LogP contribution in [0.3, 0.4) is 0 Å². The summed E-state index contributed by atoms with van der Waals surface area (Å²) >= 11 is 0. The van der Waals surface area contributed by atoms with E-state index in [4.69, 9.17) is 5.73 Å². The first-order valence-electron chi connectivity index (χ1n) is 6.16. The van der Waals surface area contributed by atoms with Crippen molar-refractivity contribution in [3.8, 4) is 5.69 Å². The van der Waals surface area contributed by atoms with Crippen molar-refractivity contribution in [3.05, 3.63) is 65.9 Å². The highest BCUT2D eigenvalue weighted by molar-refractivity contribution is 5.99. The maximum absolute atomic E-state index is 11.6. The number of nitrogens with two attached hydrogens (primary N) is 1. The third-order valence-corrected chi connectivity index (χ3v) is 3.25. The van der Waals surface area contributed by atoms with Crippen LogP contribution in [0.25, 0.3) is 16.6 Å². The van der Waals surface area contributed by atoms with Crippen LogP contribution in [0, 0.1) is 0 Å². The molecule has 2 aromatic carbocycles. The van der Waals surface area contributed by atoms with E-state index in [-0.39, 0.29) is 0 Å². The van der Waals surface area contributed by atoms with E-state index in [1.54, 1.807) is 34.9 Å². The summed E-state index contributed by atoms with van der Waals surface area (Å²) in [4.78, 5) is 22.3. The van der Waals surface area contributed by atoms with Gasteiger partial charge >= 0.3 is 0 Å². The van der Waals surface area contributed by atoms with Gasteiger partial charge in [0.15, 0.2) is 0 Å². The lowest BCUT2D eigenvalue weighted by molar-refractivity contribution is 0.0993. The second-order valence-corrected chi connectivity index (χ2v) is 4.50. The molecule has 0 unspecified atom stereocenters. The monoisotopic (exact) mass is 264 g/mol. The molecule has 4 heteroatoms. The maximum atomic E-state index is 11.6. The zero-order chi connectivity index (χ0) is 14.1. The summed E-state index contributed by atoms with van der Waals surface area (Å²) in [6, 6.07) is 16.4. The second-order valence-electron chi connectivity index (χ2n) is 4.50. The molecule has 3 rings (SSSR count). The number of carbonyl (C=O) groups excluding carboxylic acids is 2. The average molecular weight is 264 g/mol. The quantitative estimate of drug-likeness (QED) is 0.739. The van der Waals surface area contributed by atoms with Crippen molar-refractivity contribution in [1.29, 1.82) is 0 Å². The summed E-state index contributed by atoms with van der Waals surface area (Å²) in [6.07, 6.45) is 0.784. The number of fused-ring (bicyclic) bond motifs is 1. The van der Waals surface area contributed by atoms with E-state index < -0.39 is 5.91 Å². The first-order chi connectivity index (χ1) is 9.70. The van der Waals surface area contributed by atoms with Crippen LogP contribution < -0.4 is 5.73 Å². The van der Waals surface area contributed by atoms with E-state index in [0.717, 1.165) is 22.9 Å². The van der Waals surface area contributed by atoms with Gasteiger partial charge in [0, 0.05) is 16.6 Å². The molecule has 0 aliphatic rings. The number of benzene rings is 2. The number of para-hydroxylation sites is 1. The zero-order valence-electron chi connectivity index (χ0n) is 10.6. The summed E-state index contributed by atoms with van der Waals surface area (Å²) < 4.78 is 1.80. The topological polar surface area (TPSA) is 65.1 Å². The molecule has 0 bridgehead atoms. The SMILES string of the molecule is NC(=O)c1cc2ccccc2n1-c1ccc(C=O)cc1. The fourth-order valence-electron chi connectivity index (χ4n) is 2.32. The Morgan fingerprint density at radius 3 is 2.40 bits per heavy atom. The van der Waals surface area contributed by atoms with Crippen molar-refractivity contribution in [2.75, 3.05) is 0 Å². The Bertz CT molecular complexity index is 801. The summed E-state index contributed by atoms with van der Waals surface area (Å²) in [5.74, 6) is -0.485. The Balaban J connectivity index is 2.29. The van der Waals surface area contributed by atoms with Gasteiger partial charge in [0.2, 0.25) is 0 Å². The molecule has 1 heterocycles. The molecular weight excluding hydrogens is 252 g/mol. The number of nitrogens with zero attached hydrogens (tertiary/aromatic N) is 1. The smallest absolute Gasteiger partial charge is 0.265 e. The van der Waals surface area contributed by atoms with Gasteiger partial charge in [-0.25, -0.2) is 0 Å². The highest BCUT2D eigenvalue weighted by atomic mass is 16.1. The van der Waals surface area contributed by atoms with Crippen LogP contribution in [0.2, 0.25) is 0 Å². The van der Waals surface area contributed by atoms with Crippen LogP contribution in [0.1, 0.15) is 20.8 Å². The molecule has 0 atom stereocenters. The highest BCUT2D eigenvalue weighted by Crippen LogP contribution is 2.24. The number of aldehydes is 1. The Labute approximate surface area is 115 Å². The van der Waals surface area contributed by atoms with Crippen molar-refractivity contribution < 1.29 is 9.59 Å². The van der Waals surface area contributed by atoms with Crippen molar-refractivity contribution in [3.63, 3.8) is 0 Å². The number of carbonyl (C=O) groups is 2. The van der Waals surface area contributed by atoms with Crippen molar-refractivity contribution in [2.24, 2.45) is 5.73 Å². The molecule has 0 radical (unpaired) electrons. The molecule has 0 spiro atoms. The fraction of sp³-hybridized carbons (Fsp3) is 0. The first kappa shape index (κ1) is 12.2. The molecular formula is C16H12N2O2. The molecule has 1 aromatic heterocycles. The molecule has 0 aliphatic carbocycles. The standard InChI is InChI=1S/C16H12N2O2/c17-16(20)15-9-12-3-1-2-4-14(12)18(15)13-7-5-11(10-19)6-8-13/h1-10H,(H2,17,20). The third-order valence-electron chi connectivity index (χ3n) is 3.25. The second kappa shape index (κ2) is 4.66. The lowest BCUT2D eigenvalue weighted by Gasteiger charge is -2.09. The minimum Gasteiger partial charge on any atom is -0.364 e. The normalized spacial score (nSPS) is 10.6. The minimum atomic E-state index is -0.485. The summed E-state index contributed by atoms with van der Waals surface area (Å²) in [6.45, 7) is 0. The largest absolute Gasteiger partial charge is 0.364 e.